The predicted molar refractivity (Wildman–Crippen MR) is 82.9 cm³/mol. The first kappa shape index (κ1) is 15.2. The highest BCUT2D eigenvalue weighted by Crippen LogP contribution is 2.41. The van der Waals surface area contributed by atoms with Crippen LogP contribution in [0.4, 0.5) is 0 Å². The molecule has 0 radical (unpaired) electrons. The van der Waals surface area contributed by atoms with E-state index in [-0.39, 0.29) is 28.4 Å². The number of carbonyl (C=O) groups is 1. The molecule has 1 aliphatic carbocycles. The molecule has 0 unspecified atom stereocenters. The molecular formula is C15H22N2O2S. The average molecular weight is 294 g/mol. The Kier molecular flexibility index (Phi) is 4.30. The van der Waals surface area contributed by atoms with Gasteiger partial charge in [-0.3, -0.25) is 4.79 Å². The van der Waals surface area contributed by atoms with Crippen molar-refractivity contribution in [2.24, 2.45) is 11.5 Å². The van der Waals surface area contributed by atoms with Gasteiger partial charge in [-0.15, -0.1) is 0 Å². The van der Waals surface area contributed by atoms with Crippen molar-refractivity contribution in [1.29, 1.82) is 0 Å². The van der Waals surface area contributed by atoms with Crippen molar-refractivity contribution < 1.29 is 9.90 Å². The van der Waals surface area contributed by atoms with Gasteiger partial charge in [0.2, 0.25) is 5.91 Å². The van der Waals surface area contributed by atoms with Crippen LogP contribution in [0.15, 0.2) is 18.2 Å². The number of phenolic OH excluding ortho intramolecular Hbond substituents is 1. The fourth-order valence-electron chi connectivity index (χ4n) is 2.80. The molecule has 1 aromatic carbocycles. The van der Waals surface area contributed by atoms with Gasteiger partial charge in [-0.05, 0) is 29.7 Å². The molecule has 1 amide bonds. The Morgan fingerprint density at radius 3 is 2.85 bits per heavy atom. The minimum atomic E-state index is -0.272. The normalized spacial score (nSPS) is 24.1. The van der Waals surface area contributed by atoms with Gasteiger partial charge in [0, 0.05) is 28.9 Å². The van der Waals surface area contributed by atoms with Crippen LogP contribution < -0.4 is 11.5 Å². The summed E-state index contributed by atoms with van der Waals surface area (Å²) in [7, 11) is 0. The van der Waals surface area contributed by atoms with Crippen molar-refractivity contribution in [3.63, 3.8) is 0 Å². The van der Waals surface area contributed by atoms with Crippen LogP contribution in [0.25, 0.3) is 0 Å². The number of hydrogen-bond acceptors (Lipinski definition) is 4. The molecule has 0 heterocycles. The number of amides is 1. The number of thioether (sulfide) groups is 1. The number of nitrogens with two attached hydrogens (primary N) is 2. The van der Waals surface area contributed by atoms with E-state index >= 15 is 0 Å². The molecule has 0 fully saturated rings. The molecule has 1 aromatic rings. The number of rotatable bonds is 4. The zero-order chi connectivity index (χ0) is 14.9. The summed E-state index contributed by atoms with van der Waals surface area (Å²) in [5, 5.41) is 9.94. The van der Waals surface area contributed by atoms with Crippen LogP contribution >= 0.6 is 11.8 Å². The zero-order valence-electron chi connectivity index (χ0n) is 11.9. The molecule has 0 bridgehead atoms. The second-order valence-electron chi connectivity index (χ2n) is 5.92. The lowest BCUT2D eigenvalue weighted by Gasteiger charge is -2.43. The van der Waals surface area contributed by atoms with Gasteiger partial charge in [-0.2, -0.15) is 11.8 Å². The fraction of sp³-hybridized carbons (Fsp3) is 0.533. The van der Waals surface area contributed by atoms with Gasteiger partial charge < -0.3 is 16.6 Å². The first-order valence-corrected chi connectivity index (χ1v) is 7.85. The van der Waals surface area contributed by atoms with Crippen molar-refractivity contribution >= 4 is 17.7 Å². The van der Waals surface area contributed by atoms with Gasteiger partial charge >= 0.3 is 0 Å². The largest absolute Gasteiger partial charge is 0.508 e. The van der Waals surface area contributed by atoms with Gasteiger partial charge in [-0.1, -0.05) is 19.9 Å². The van der Waals surface area contributed by atoms with E-state index in [1.165, 1.54) is 5.56 Å². The van der Waals surface area contributed by atoms with Gasteiger partial charge in [0.1, 0.15) is 5.75 Å². The van der Waals surface area contributed by atoms with E-state index in [1.54, 1.807) is 17.8 Å². The summed E-state index contributed by atoms with van der Waals surface area (Å²) < 4.78 is 0. The van der Waals surface area contributed by atoms with E-state index < -0.39 is 0 Å². The third-order valence-electron chi connectivity index (χ3n) is 4.12. The topological polar surface area (TPSA) is 89.3 Å². The number of carbonyl (C=O) groups excluding carboxylic acids is 1. The van der Waals surface area contributed by atoms with Crippen molar-refractivity contribution in [2.75, 3.05) is 5.75 Å². The summed E-state index contributed by atoms with van der Waals surface area (Å²) >= 11 is 1.72. The number of benzene rings is 1. The Labute approximate surface area is 123 Å². The Morgan fingerprint density at radius 1 is 1.50 bits per heavy atom. The number of aromatic hydroxyl groups is 1. The third kappa shape index (κ3) is 2.94. The molecule has 0 aromatic heterocycles. The molecule has 110 valence electrons. The summed E-state index contributed by atoms with van der Waals surface area (Å²) in [6.07, 6.45) is 1.25. The molecule has 0 aliphatic heterocycles. The lowest BCUT2D eigenvalue weighted by molar-refractivity contribution is -0.117. The van der Waals surface area contributed by atoms with Crippen LogP contribution in [-0.2, 0) is 16.6 Å². The highest BCUT2D eigenvalue weighted by Gasteiger charge is 2.40. The highest BCUT2D eigenvalue weighted by atomic mass is 32.2. The van der Waals surface area contributed by atoms with E-state index in [1.807, 2.05) is 12.1 Å². The summed E-state index contributed by atoms with van der Waals surface area (Å²) in [5.74, 6) is 0.715. The third-order valence-corrected chi connectivity index (χ3v) is 5.45. The molecule has 5 N–H and O–H groups in total. The van der Waals surface area contributed by atoms with Crippen LogP contribution in [0, 0.1) is 0 Å². The molecule has 4 nitrogen and oxygen atoms in total. The van der Waals surface area contributed by atoms with Crippen LogP contribution in [0.5, 0.6) is 5.75 Å². The second kappa shape index (κ2) is 5.66. The molecule has 0 spiro atoms. The number of hydrogen-bond donors (Lipinski definition) is 3. The fourth-order valence-corrected chi connectivity index (χ4v) is 4.27. The van der Waals surface area contributed by atoms with Crippen molar-refractivity contribution in [3.05, 3.63) is 29.3 Å². The molecule has 0 saturated carbocycles. The van der Waals surface area contributed by atoms with E-state index in [0.29, 0.717) is 12.2 Å². The second-order valence-corrected chi connectivity index (χ2v) is 7.27. The Balaban J connectivity index is 2.20. The summed E-state index contributed by atoms with van der Waals surface area (Å²) in [5.41, 5.74) is 13.7. The predicted octanol–water partition coefficient (Wildman–Crippen LogP) is 1.53. The average Bonchev–Trinajstić information content (AvgIpc) is 2.36. The van der Waals surface area contributed by atoms with E-state index in [0.717, 1.165) is 12.0 Å². The summed E-state index contributed by atoms with van der Waals surface area (Å²) in [6, 6.07) is 5.49. The zero-order valence-corrected chi connectivity index (χ0v) is 12.7. The Hall–Kier alpha value is -1.20. The standard InChI is InChI=1S/C15H22N2O2S/c1-15(2)11-8-10(18)4-3-9(11)7-12(14(15)17)20-6-5-13(16)19/h3-4,8,12,14,18H,5-7,17H2,1-2H3,(H2,16,19)/t12-,14+/m0/s1. The quantitative estimate of drug-likeness (QED) is 0.785. The summed E-state index contributed by atoms with van der Waals surface area (Å²) in [6.45, 7) is 4.22. The first-order valence-electron chi connectivity index (χ1n) is 6.80. The molecule has 20 heavy (non-hydrogen) atoms. The molecule has 1 aliphatic rings. The van der Waals surface area contributed by atoms with Crippen molar-refractivity contribution in [2.45, 2.75) is 43.4 Å². The lowest BCUT2D eigenvalue weighted by atomic mass is 9.69. The Bertz CT molecular complexity index is 517. The van der Waals surface area contributed by atoms with Crippen LogP contribution in [-0.4, -0.2) is 28.1 Å². The van der Waals surface area contributed by atoms with E-state index in [4.69, 9.17) is 11.5 Å². The van der Waals surface area contributed by atoms with Crippen molar-refractivity contribution in [3.8, 4) is 5.75 Å². The molecule has 2 rings (SSSR count). The maximum Gasteiger partial charge on any atom is 0.218 e. The number of fused-ring (bicyclic) bond motifs is 1. The summed E-state index contributed by atoms with van der Waals surface area (Å²) in [4.78, 5) is 10.8. The molecular weight excluding hydrogens is 272 g/mol. The van der Waals surface area contributed by atoms with E-state index in [9.17, 15) is 9.90 Å². The van der Waals surface area contributed by atoms with Gasteiger partial charge in [0.15, 0.2) is 0 Å². The number of primary amides is 1. The highest BCUT2D eigenvalue weighted by molar-refractivity contribution is 8.00. The van der Waals surface area contributed by atoms with Crippen LogP contribution in [0.3, 0.4) is 0 Å². The van der Waals surface area contributed by atoms with Crippen molar-refractivity contribution in [1.82, 2.24) is 0 Å². The SMILES string of the molecule is CC1(C)c2cc(O)ccc2C[C@H](SCCC(N)=O)[C@H]1N. The first-order chi connectivity index (χ1) is 9.32. The maximum absolute atomic E-state index is 10.8. The van der Waals surface area contributed by atoms with E-state index in [2.05, 4.69) is 13.8 Å². The van der Waals surface area contributed by atoms with Gasteiger partial charge in [-0.25, -0.2) is 0 Å². The Morgan fingerprint density at radius 2 is 2.20 bits per heavy atom. The number of phenols is 1. The van der Waals surface area contributed by atoms with Crippen LogP contribution in [0.1, 0.15) is 31.4 Å². The smallest absolute Gasteiger partial charge is 0.218 e. The van der Waals surface area contributed by atoms with Gasteiger partial charge in [0.25, 0.3) is 0 Å². The molecule has 0 saturated heterocycles. The van der Waals surface area contributed by atoms with Crippen LogP contribution in [0.2, 0.25) is 0 Å². The lowest BCUT2D eigenvalue weighted by Crippen LogP contribution is -2.52. The maximum atomic E-state index is 10.8. The molecule has 5 heteroatoms. The monoisotopic (exact) mass is 294 g/mol. The van der Waals surface area contributed by atoms with Gasteiger partial charge in [0.05, 0.1) is 0 Å². The molecule has 2 atom stereocenters. The minimum Gasteiger partial charge on any atom is -0.508 e. The minimum absolute atomic E-state index is 0.0188.